The quantitative estimate of drug-likeness (QED) is 0.219. The summed E-state index contributed by atoms with van der Waals surface area (Å²) in [6.45, 7) is 5.69. The zero-order chi connectivity index (χ0) is 20.4. The Morgan fingerprint density at radius 3 is 2.52 bits per heavy atom. The van der Waals surface area contributed by atoms with Gasteiger partial charge in [0, 0.05) is 30.8 Å². The van der Waals surface area contributed by atoms with E-state index >= 15 is 0 Å². The van der Waals surface area contributed by atoms with Gasteiger partial charge in [-0.3, -0.25) is 4.79 Å². The number of ether oxygens (including phenoxy) is 1. The van der Waals surface area contributed by atoms with Crippen LogP contribution >= 0.6 is 24.0 Å². The third-order valence-electron chi connectivity index (χ3n) is 4.08. The summed E-state index contributed by atoms with van der Waals surface area (Å²) in [5, 5.41) is 9.09. The van der Waals surface area contributed by atoms with Gasteiger partial charge in [-0.1, -0.05) is 24.3 Å². The van der Waals surface area contributed by atoms with Gasteiger partial charge in [-0.15, -0.1) is 24.0 Å². The Hall–Kier alpha value is -2.36. The third kappa shape index (κ3) is 7.88. The normalized spacial score (nSPS) is 10.7. The average molecular weight is 514 g/mol. The summed E-state index contributed by atoms with van der Waals surface area (Å²) in [4.78, 5) is 16.6. The number of amides is 1. The monoisotopic (exact) mass is 514 g/mol. The van der Waals surface area contributed by atoms with Crippen LogP contribution in [0.2, 0.25) is 0 Å². The number of benzene rings is 2. The predicted octanol–water partition coefficient (Wildman–Crippen LogP) is 3.25. The molecule has 0 saturated heterocycles. The predicted molar refractivity (Wildman–Crippen MR) is 125 cm³/mol. The molecule has 29 heavy (non-hydrogen) atoms. The van der Waals surface area contributed by atoms with Crippen LogP contribution in [-0.4, -0.2) is 38.6 Å². The fourth-order valence-corrected chi connectivity index (χ4v) is 2.53. The molecule has 0 radical (unpaired) electrons. The summed E-state index contributed by atoms with van der Waals surface area (Å²) >= 11 is 0. The molecule has 3 N–H and O–H groups in total. The summed E-state index contributed by atoms with van der Waals surface area (Å²) in [6.07, 6.45) is 0. The number of rotatable bonds is 8. The molecule has 2 aromatic rings. The van der Waals surface area contributed by atoms with E-state index < -0.39 is 0 Å². The molecule has 1 amide bonds. The van der Waals surface area contributed by atoms with Crippen molar-refractivity contribution in [3.05, 3.63) is 65.0 Å². The number of methoxy groups -OCH3 is 1. The van der Waals surface area contributed by atoms with Gasteiger partial charge in [0.25, 0.3) is 5.91 Å². The standard InChI is InChI=1S/C21H27FN4O2.HI/c1-4-23-21(26-14-17-7-5-6-8-19(17)28-3)25-12-11-24-20(27)16-10-9-15(2)18(22)13-16;/h5-10,13H,4,11-12,14H2,1-3H3,(H,24,27)(H2,23,25,26);1H. The molecule has 6 nitrogen and oxygen atoms in total. The summed E-state index contributed by atoms with van der Waals surface area (Å²) in [7, 11) is 1.63. The van der Waals surface area contributed by atoms with E-state index in [9.17, 15) is 9.18 Å². The van der Waals surface area contributed by atoms with Crippen molar-refractivity contribution in [1.29, 1.82) is 0 Å². The molecule has 0 spiro atoms. The average Bonchev–Trinajstić information content (AvgIpc) is 2.71. The first-order chi connectivity index (χ1) is 13.5. The second-order valence-corrected chi connectivity index (χ2v) is 6.15. The van der Waals surface area contributed by atoms with E-state index in [1.807, 2.05) is 31.2 Å². The lowest BCUT2D eigenvalue weighted by Crippen LogP contribution is -2.41. The Kier molecular flexibility index (Phi) is 11.0. The number of aliphatic imine (C=N–C) groups is 1. The van der Waals surface area contributed by atoms with E-state index in [1.165, 1.54) is 6.07 Å². The van der Waals surface area contributed by atoms with Crippen LogP contribution < -0.4 is 20.7 Å². The van der Waals surface area contributed by atoms with E-state index in [0.29, 0.717) is 43.3 Å². The minimum Gasteiger partial charge on any atom is -0.496 e. The molecule has 0 saturated carbocycles. The number of carbonyl (C=O) groups is 1. The molecule has 2 rings (SSSR count). The van der Waals surface area contributed by atoms with E-state index in [4.69, 9.17) is 4.74 Å². The number of carbonyl (C=O) groups excluding carboxylic acids is 1. The van der Waals surface area contributed by atoms with Gasteiger partial charge in [0.05, 0.1) is 13.7 Å². The van der Waals surface area contributed by atoms with Crippen LogP contribution in [0.25, 0.3) is 0 Å². The molecular formula is C21H28FIN4O2. The molecule has 0 bridgehead atoms. The third-order valence-corrected chi connectivity index (χ3v) is 4.08. The molecule has 158 valence electrons. The van der Waals surface area contributed by atoms with Crippen LogP contribution in [0.5, 0.6) is 5.75 Å². The zero-order valence-electron chi connectivity index (χ0n) is 16.9. The van der Waals surface area contributed by atoms with E-state index in [1.54, 1.807) is 26.2 Å². The van der Waals surface area contributed by atoms with Crippen LogP contribution in [0.3, 0.4) is 0 Å². The first-order valence-electron chi connectivity index (χ1n) is 9.23. The van der Waals surface area contributed by atoms with Gasteiger partial charge in [-0.05, 0) is 37.6 Å². The highest BCUT2D eigenvalue weighted by molar-refractivity contribution is 14.0. The maximum Gasteiger partial charge on any atom is 0.251 e. The maximum absolute atomic E-state index is 13.6. The van der Waals surface area contributed by atoms with Crippen LogP contribution in [0, 0.1) is 12.7 Å². The number of nitrogens with one attached hydrogen (secondary N) is 3. The van der Waals surface area contributed by atoms with Crippen LogP contribution in [0.4, 0.5) is 4.39 Å². The summed E-state index contributed by atoms with van der Waals surface area (Å²) in [5.41, 5.74) is 1.80. The second kappa shape index (κ2) is 13.0. The summed E-state index contributed by atoms with van der Waals surface area (Å²) in [5.74, 6) is 0.740. The minimum absolute atomic E-state index is 0. The molecule has 0 unspecified atom stereocenters. The smallest absolute Gasteiger partial charge is 0.251 e. The number of hydrogen-bond donors (Lipinski definition) is 3. The lowest BCUT2D eigenvalue weighted by Gasteiger charge is -2.13. The Bertz CT molecular complexity index is 830. The Morgan fingerprint density at radius 2 is 1.83 bits per heavy atom. The number of nitrogens with zero attached hydrogens (tertiary/aromatic N) is 1. The van der Waals surface area contributed by atoms with Crippen molar-refractivity contribution in [3.63, 3.8) is 0 Å². The lowest BCUT2D eigenvalue weighted by atomic mass is 10.1. The van der Waals surface area contributed by atoms with E-state index in [-0.39, 0.29) is 35.7 Å². The molecule has 8 heteroatoms. The Balaban J connectivity index is 0.00000420. The highest BCUT2D eigenvalue weighted by Gasteiger charge is 2.08. The summed E-state index contributed by atoms with van der Waals surface area (Å²) in [6, 6.07) is 12.2. The van der Waals surface area contributed by atoms with Crippen molar-refractivity contribution >= 4 is 35.8 Å². The first-order valence-corrected chi connectivity index (χ1v) is 9.23. The van der Waals surface area contributed by atoms with Crippen molar-refractivity contribution in [2.45, 2.75) is 20.4 Å². The fraction of sp³-hybridized carbons (Fsp3) is 0.333. The van der Waals surface area contributed by atoms with Gasteiger partial charge in [0.2, 0.25) is 0 Å². The van der Waals surface area contributed by atoms with Gasteiger partial charge in [0.15, 0.2) is 5.96 Å². The van der Waals surface area contributed by atoms with Crippen molar-refractivity contribution in [3.8, 4) is 5.75 Å². The van der Waals surface area contributed by atoms with Gasteiger partial charge in [-0.2, -0.15) is 0 Å². The molecule has 0 aliphatic heterocycles. The van der Waals surface area contributed by atoms with Crippen molar-refractivity contribution in [2.75, 3.05) is 26.7 Å². The van der Waals surface area contributed by atoms with Crippen molar-refractivity contribution in [1.82, 2.24) is 16.0 Å². The highest BCUT2D eigenvalue weighted by Crippen LogP contribution is 2.17. The maximum atomic E-state index is 13.6. The molecule has 0 fully saturated rings. The zero-order valence-corrected chi connectivity index (χ0v) is 19.3. The molecule has 2 aromatic carbocycles. The lowest BCUT2D eigenvalue weighted by molar-refractivity contribution is 0.0954. The largest absolute Gasteiger partial charge is 0.496 e. The molecule has 0 aromatic heterocycles. The van der Waals surface area contributed by atoms with Gasteiger partial charge >= 0.3 is 0 Å². The number of aryl methyl sites for hydroxylation is 1. The molecule has 0 aliphatic carbocycles. The van der Waals surface area contributed by atoms with E-state index in [2.05, 4.69) is 20.9 Å². The fourth-order valence-electron chi connectivity index (χ4n) is 2.53. The number of halogens is 2. The highest BCUT2D eigenvalue weighted by atomic mass is 127. The molecule has 0 aliphatic rings. The Morgan fingerprint density at radius 1 is 1.10 bits per heavy atom. The second-order valence-electron chi connectivity index (χ2n) is 6.15. The topological polar surface area (TPSA) is 74.8 Å². The van der Waals surface area contributed by atoms with Crippen molar-refractivity contribution < 1.29 is 13.9 Å². The number of hydrogen-bond acceptors (Lipinski definition) is 3. The van der Waals surface area contributed by atoms with Gasteiger partial charge in [-0.25, -0.2) is 9.38 Å². The minimum atomic E-state index is -0.385. The molecular weight excluding hydrogens is 486 g/mol. The number of para-hydroxylation sites is 1. The number of guanidine groups is 1. The van der Waals surface area contributed by atoms with Gasteiger partial charge in [0.1, 0.15) is 11.6 Å². The molecule has 0 heterocycles. The van der Waals surface area contributed by atoms with Crippen LogP contribution in [0.1, 0.15) is 28.4 Å². The van der Waals surface area contributed by atoms with Crippen molar-refractivity contribution in [2.24, 2.45) is 4.99 Å². The molecule has 0 atom stereocenters. The van der Waals surface area contributed by atoms with E-state index in [0.717, 1.165) is 11.3 Å². The Labute approximate surface area is 188 Å². The SMILES string of the molecule is CCNC(=NCc1ccccc1OC)NCCNC(=O)c1ccc(C)c(F)c1.I. The first kappa shape index (κ1) is 24.7. The van der Waals surface area contributed by atoms with Gasteiger partial charge < -0.3 is 20.7 Å². The van der Waals surface area contributed by atoms with Crippen LogP contribution in [0.15, 0.2) is 47.5 Å². The van der Waals surface area contributed by atoms with Crippen LogP contribution in [-0.2, 0) is 6.54 Å². The summed E-state index contributed by atoms with van der Waals surface area (Å²) < 4.78 is 18.9.